The summed E-state index contributed by atoms with van der Waals surface area (Å²) < 4.78 is 5.18. The molecular weight excluding hydrogens is 266 g/mol. The highest BCUT2D eigenvalue weighted by Gasteiger charge is 2.22. The number of carbonyl (C=O) groups is 1. The number of nitrogens with zero attached hydrogens (tertiary/aromatic N) is 2. The number of hydrogen-bond donors (Lipinski definition) is 1. The molecule has 0 bridgehead atoms. The Morgan fingerprint density at radius 3 is 2.95 bits per heavy atom. The molecule has 0 saturated carbocycles. The van der Waals surface area contributed by atoms with Gasteiger partial charge in [0.15, 0.2) is 0 Å². The number of amides is 1. The number of nitrogens with one attached hydrogen (secondary N) is 1. The van der Waals surface area contributed by atoms with Gasteiger partial charge in [-0.15, -0.1) is 0 Å². The minimum Gasteiger partial charge on any atom is -0.383 e. The third kappa shape index (κ3) is 5.09. The Balaban J connectivity index is 1.84. The van der Waals surface area contributed by atoms with Gasteiger partial charge in [0.2, 0.25) is 5.91 Å². The maximum atomic E-state index is 12.5. The van der Waals surface area contributed by atoms with Crippen LogP contribution in [0.25, 0.3) is 0 Å². The summed E-state index contributed by atoms with van der Waals surface area (Å²) in [6.45, 7) is 4.00. The molecule has 1 fully saturated rings. The summed E-state index contributed by atoms with van der Waals surface area (Å²) >= 11 is 0. The molecule has 0 aromatic heterocycles. The van der Waals surface area contributed by atoms with E-state index in [1.807, 2.05) is 11.9 Å². The van der Waals surface area contributed by atoms with Crippen LogP contribution >= 0.6 is 0 Å². The molecule has 1 heterocycles. The maximum absolute atomic E-state index is 12.5. The lowest BCUT2D eigenvalue weighted by atomic mass is 10.2. The van der Waals surface area contributed by atoms with E-state index in [1.54, 1.807) is 7.11 Å². The molecular formula is C16H29N3O2. The summed E-state index contributed by atoms with van der Waals surface area (Å²) in [5.74, 6) is 0.192. The van der Waals surface area contributed by atoms with Crippen molar-refractivity contribution in [1.29, 1.82) is 0 Å². The molecule has 1 unspecified atom stereocenters. The average Bonchev–Trinajstić information content (AvgIpc) is 3.16. The van der Waals surface area contributed by atoms with Crippen molar-refractivity contribution in [1.82, 2.24) is 15.1 Å². The second-order valence-corrected chi connectivity index (χ2v) is 6.06. The van der Waals surface area contributed by atoms with Crippen LogP contribution in [0.1, 0.15) is 32.1 Å². The van der Waals surface area contributed by atoms with Crippen LogP contribution in [-0.4, -0.2) is 68.7 Å². The van der Waals surface area contributed by atoms with Gasteiger partial charge in [0.1, 0.15) is 0 Å². The Kier molecular flexibility index (Phi) is 6.67. The van der Waals surface area contributed by atoms with Gasteiger partial charge in [0.05, 0.1) is 13.2 Å². The zero-order valence-corrected chi connectivity index (χ0v) is 13.4. The molecule has 1 N–H and O–H groups in total. The monoisotopic (exact) mass is 295 g/mol. The summed E-state index contributed by atoms with van der Waals surface area (Å²) in [7, 11) is 3.62. The zero-order chi connectivity index (χ0) is 15.1. The first-order valence-electron chi connectivity index (χ1n) is 8.11. The maximum Gasteiger partial charge on any atom is 0.240 e. The summed E-state index contributed by atoms with van der Waals surface area (Å²) in [4.78, 5) is 16.5. The Hall–Kier alpha value is -0.910. The first kappa shape index (κ1) is 16.5. The molecule has 1 aliphatic carbocycles. The van der Waals surface area contributed by atoms with Crippen LogP contribution in [0.4, 0.5) is 0 Å². The standard InChI is InChI=1S/C16H29N3O2/c1-18(15-7-3-4-8-15)16(20)13-19(10-11-21-2)12-14-6-5-9-17-14/h7,14,17H,3-6,8-13H2,1-2H3. The van der Waals surface area contributed by atoms with Crippen molar-refractivity contribution in [2.24, 2.45) is 0 Å². The Morgan fingerprint density at radius 2 is 2.33 bits per heavy atom. The first-order chi connectivity index (χ1) is 10.2. The lowest BCUT2D eigenvalue weighted by molar-refractivity contribution is -0.129. The van der Waals surface area contributed by atoms with Crippen LogP contribution in [0.3, 0.4) is 0 Å². The zero-order valence-electron chi connectivity index (χ0n) is 13.4. The van der Waals surface area contributed by atoms with Crippen molar-refractivity contribution >= 4 is 5.91 Å². The quantitative estimate of drug-likeness (QED) is 0.731. The van der Waals surface area contributed by atoms with Gasteiger partial charge in [0.25, 0.3) is 0 Å². The van der Waals surface area contributed by atoms with E-state index in [-0.39, 0.29) is 5.91 Å². The molecule has 21 heavy (non-hydrogen) atoms. The normalized spacial score (nSPS) is 21.9. The van der Waals surface area contributed by atoms with E-state index in [0.717, 1.165) is 32.5 Å². The number of likely N-dealkylation sites (N-methyl/N-ethyl adjacent to an activating group) is 1. The molecule has 0 aromatic carbocycles. The first-order valence-corrected chi connectivity index (χ1v) is 8.11. The second-order valence-electron chi connectivity index (χ2n) is 6.06. The van der Waals surface area contributed by atoms with Crippen LogP contribution in [0.2, 0.25) is 0 Å². The summed E-state index contributed by atoms with van der Waals surface area (Å²) in [6, 6.07) is 0.519. The van der Waals surface area contributed by atoms with Gasteiger partial charge in [-0.1, -0.05) is 6.08 Å². The van der Waals surface area contributed by atoms with Gasteiger partial charge in [-0.05, 0) is 38.6 Å². The van der Waals surface area contributed by atoms with Gasteiger partial charge >= 0.3 is 0 Å². The molecule has 2 aliphatic rings. The fraction of sp³-hybridized carbons (Fsp3) is 0.812. The van der Waals surface area contributed by atoms with E-state index in [1.165, 1.54) is 25.0 Å². The number of rotatable bonds is 8. The number of carbonyl (C=O) groups excluding carboxylic acids is 1. The molecule has 1 saturated heterocycles. The number of hydrogen-bond acceptors (Lipinski definition) is 4. The minimum absolute atomic E-state index is 0.192. The molecule has 120 valence electrons. The highest BCUT2D eigenvalue weighted by atomic mass is 16.5. The molecule has 0 radical (unpaired) electrons. The van der Waals surface area contributed by atoms with Gasteiger partial charge in [-0.2, -0.15) is 0 Å². The topological polar surface area (TPSA) is 44.8 Å². The van der Waals surface area contributed by atoms with Gasteiger partial charge in [-0.3, -0.25) is 9.69 Å². The van der Waals surface area contributed by atoms with E-state index in [4.69, 9.17) is 4.74 Å². The van der Waals surface area contributed by atoms with E-state index < -0.39 is 0 Å². The third-order valence-corrected chi connectivity index (χ3v) is 4.43. The van der Waals surface area contributed by atoms with Crippen molar-refractivity contribution < 1.29 is 9.53 Å². The predicted molar refractivity (Wildman–Crippen MR) is 84.0 cm³/mol. The Labute approximate surface area is 128 Å². The van der Waals surface area contributed by atoms with E-state index >= 15 is 0 Å². The molecule has 5 heteroatoms. The Bertz CT molecular complexity index is 365. The SMILES string of the molecule is COCCN(CC(=O)N(C)C1=CCCC1)CC1CCCN1. The summed E-state index contributed by atoms with van der Waals surface area (Å²) in [5.41, 5.74) is 1.19. The van der Waals surface area contributed by atoms with Crippen LogP contribution in [0.15, 0.2) is 11.8 Å². The van der Waals surface area contributed by atoms with E-state index in [0.29, 0.717) is 19.2 Å². The van der Waals surface area contributed by atoms with Gasteiger partial charge in [0, 0.05) is 39.0 Å². The van der Waals surface area contributed by atoms with Crippen molar-refractivity contribution in [3.05, 3.63) is 11.8 Å². The number of allylic oxidation sites excluding steroid dienone is 2. The van der Waals surface area contributed by atoms with Crippen LogP contribution in [0.5, 0.6) is 0 Å². The molecule has 0 aromatic rings. The minimum atomic E-state index is 0.192. The highest BCUT2D eigenvalue weighted by molar-refractivity contribution is 5.79. The van der Waals surface area contributed by atoms with E-state index in [2.05, 4.69) is 16.3 Å². The van der Waals surface area contributed by atoms with Crippen LogP contribution < -0.4 is 5.32 Å². The fourth-order valence-electron chi connectivity index (χ4n) is 3.10. The predicted octanol–water partition coefficient (Wildman–Crippen LogP) is 1.21. The molecule has 2 rings (SSSR count). The smallest absolute Gasteiger partial charge is 0.240 e. The lowest BCUT2D eigenvalue weighted by Crippen LogP contribution is -2.44. The Morgan fingerprint density at radius 1 is 1.48 bits per heavy atom. The molecule has 1 aliphatic heterocycles. The highest BCUT2D eigenvalue weighted by Crippen LogP contribution is 2.20. The number of ether oxygens (including phenoxy) is 1. The van der Waals surface area contributed by atoms with Crippen LogP contribution in [-0.2, 0) is 9.53 Å². The van der Waals surface area contributed by atoms with Gasteiger partial charge in [-0.25, -0.2) is 0 Å². The summed E-state index contributed by atoms with van der Waals surface area (Å²) in [5, 5.41) is 3.50. The van der Waals surface area contributed by atoms with Crippen molar-refractivity contribution in [3.8, 4) is 0 Å². The largest absolute Gasteiger partial charge is 0.383 e. The van der Waals surface area contributed by atoms with Crippen LogP contribution in [0, 0.1) is 0 Å². The van der Waals surface area contributed by atoms with Crippen molar-refractivity contribution in [3.63, 3.8) is 0 Å². The lowest BCUT2D eigenvalue weighted by Gasteiger charge is -2.27. The average molecular weight is 295 g/mol. The van der Waals surface area contributed by atoms with E-state index in [9.17, 15) is 4.79 Å². The van der Waals surface area contributed by atoms with Crippen molar-refractivity contribution in [2.75, 3.05) is 46.9 Å². The van der Waals surface area contributed by atoms with Gasteiger partial charge < -0.3 is 15.0 Å². The third-order valence-electron chi connectivity index (χ3n) is 4.43. The molecule has 1 atom stereocenters. The summed E-state index contributed by atoms with van der Waals surface area (Å²) in [6.07, 6.45) is 7.95. The second kappa shape index (κ2) is 8.51. The molecule has 5 nitrogen and oxygen atoms in total. The number of methoxy groups -OCH3 is 1. The molecule has 1 amide bonds. The fourth-order valence-corrected chi connectivity index (χ4v) is 3.10. The van der Waals surface area contributed by atoms with Crippen molar-refractivity contribution in [2.45, 2.75) is 38.1 Å². The molecule has 0 spiro atoms.